The summed E-state index contributed by atoms with van der Waals surface area (Å²) in [5.74, 6) is 4.84. The molecule has 0 aromatic carbocycles. The van der Waals surface area contributed by atoms with Gasteiger partial charge >= 0.3 is 5.97 Å². The van der Waals surface area contributed by atoms with Gasteiger partial charge in [0.15, 0.2) is 0 Å². The Balaban J connectivity index is 1.52. The van der Waals surface area contributed by atoms with Crippen LogP contribution < -0.4 is 0 Å². The fourth-order valence-electron chi connectivity index (χ4n) is 6.07. The Bertz CT molecular complexity index is 391. The van der Waals surface area contributed by atoms with E-state index in [9.17, 15) is 4.79 Å². The Kier molecular flexibility index (Phi) is 6.04. The van der Waals surface area contributed by atoms with E-state index in [1.807, 2.05) is 6.92 Å². The highest BCUT2D eigenvalue weighted by atomic mass is 16.5. The molecule has 2 heteroatoms. The van der Waals surface area contributed by atoms with Gasteiger partial charge in [-0.15, -0.1) is 0 Å². The highest BCUT2D eigenvalue weighted by molar-refractivity contribution is 5.69. The van der Waals surface area contributed by atoms with Crippen LogP contribution in [0.3, 0.4) is 0 Å². The first-order valence-electron chi connectivity index (χ1n) is 10.4. The number of carbonyl (C=O) groups excluding carboxylic acids is 1. The summed E-state index contributed by atoms with van der Waals surface area (Å²) in [4.78, 5) is 11.8. The van der Waals surface area contributed by atoms with Crippen molar-refractivity contribution in [2.45, 2.75) is 97.0 Å². The Labute approximate surface area is 142 Å². The molecular formula is C21H36O2. The number of ether oxygens (including phenoxy) is 1. The van der Waals surface area contributed by atoms with Crippen LogP contribution in [0.25, 0.3) is 0 Å². The monoisotopic (exact) mass is 320 g/mol. The van der Waals surface area contributed by atoms with Crippen LogP contribution in [0, 0.1) is 29.6 Å². The first-order valence-corrected chi connectivity index (χ1v) is 10.4. The third-order valence-electron chi connectivity index (χ3n) is 7.05. The van der Waals surface area contributed by atoms with Gasteiger partial charge in [0, 0.05) is 6.42 Å². The van der Waals surface area contributed by atoms with Crippen LogP contribution in [0.4, 0.5) is 0 Å². The minimum Gasteiger partial charge on any atom is -0.462 e. The molecule has 0 amide bonds. The number of hydrogen-bond donors (Lipinski definition) is 0. The van der Waals surface area contributed by atoms with E-state index in [2.05, 4.69) is 6.92 Å². The molecule has 0 aliphatic heterocycles. The second-order valence-corrected chi connectivity index (χ2v) is 8.57. The van der Waals surface area contributed by atoms with Crippen molar-refractivity contribution in [1.29, 1.82) is 0 Å². The summed E-state index contributed by atoms with van der Waals surface area (Å²) in [6.07, 6.45) is 15.4. The fraction of sp³-hybridized carbons (Fsp3) is 0.952. The number of fused-ring (bicyclic) bond motifs is 3. The van der Waals surface area contributed by atoms with Crippen LogP contribution in [-0.4, -0.2) is 12.1 Å². The van der Waals surface area contributed by atoms with Crippen molar-refractivity contribution in [1.82, 2.24) is 0 Å². The van der Waals surface area contributed by atoms with Crippen LogP contribution in [0.15, 0.2) is 0 Å². The maximum atomic E-state index is 11.8. The van der Waals surface area contributed by atoms with Gasteiger partial charge < -0.3 is 4.74 Å². The zero-order valence-electron chi connectivity index (χ0n) is 15.3. The summed E-state index contributed by atoms with van der Waals surface area (Å²) in [5, 5.41) is 0. The minimum absolute atomic E-state index is 0.0321. The van der Waals surface area contributed by atoms with Crippen molar-refractivity contribution in [2.24, 2.45) is 29.6 Å². The summed E-state index contributed by atoms with van der Waals surface area (Å²) < 4.78 is 5.73. The number of esters is 1. The predicted octanol–water partition coefficient (Wildman–Crippen LogP) is 5.74. The van der Waals surface area contributed by atoms with E-state index in [-0.39, 0.29) is 12.1 Å². The molecule has 3 aliphatic rings. The Hall–Kier alpha value is -0.530. The lowest BCUT2D eigenvalue weighted by Gasteiger charge is -2.50. The molecule has 3 fully saturated rings. The van der Waals surface area contributed by atoms with Crippen molar-refractivity contribution in [3.05, 3.63) is 0 Å². The largest absolute Gasteiger partial charge is 0.462 e. The van der Waals surface area contributed by atoms with Gasteiger partial charge in [-0.05, 0) is 81.0 Å². The van der Waals surface area contributed by atoms with E-state index in [4.69, 9.17) is 4.74 Å². The molecule has 0 aromatic rings. The van der Waals surface area contributed by atoms with E-state index in [0.717, 1.165) is 48.9 Å². The molecule has 23 heavy (non-hydrogen) atoms. The molecule has 3 aliphatic carbocycles. The Morgan fingerprint density at radius 2 is 1.57 bits per heavy atom. The molecule has 0 heterocycles. The van der Waals surface area contributed by atoms with Gasteiger partial charge in [-0.1, -0.05) is 33.1 Å². The highest BCUT2D eigenvalue weighted by Gasteiger charge is 2.44. The molecule has 6 atom stereocenters. The third kappa shape index (κ3) is 4.12. The molecule has 0 aromatic heterocycles. The van der Waals surface area contributed by atoms with Crippen molar-refractivity contribution in [3.8, 4) is 0 Å². The Morgan fingerprint density at radius 1 is 0.870 bits per heavy atom. The molecule has 132 valence electrons. The lowest BCUT2D eigenvalue weighted by molar-refractivity contribution is -0.153. The SMILES string of the molecule is CCCC(=O)OC1CCC2C(CCC3CC(CCC)CCC32)C1. The summed E-state index contributed by atoms with van der Waals surface area (Å²) in [6, 6.07) is 0. The molecule has 0 N–H and O–H groups in total. The Morgan fingerprint density at radius 3 is 2.26 bits per heavy atom. The number of carbonyl (C=O) groups is 1. The lowest BCUT2D eigenvalue weighted by Crippen LogP contribution is -2.43. The van der Waals surface area contributed by atoms with Crippen molar-refractivity contribution >= 4 is 5.97 Å². The van der Waals surface area contributed by atoms with Gasteiger partial charge in [0.05, 0.1) is 0 Å². The van der Waals surface area contributed by atoms with Crippen LogP contribution in [0.5, 0.6) is 0 Å². The van der Waals surface area contributed by atoms with Crippen LogP contribution in [0.1, 0.15) is 90.9 Å². The average molecular weight is 321 g/mol. The van der Waals surface area contributed by atoms with E-state index in [1.54, 1.807) is 0 Å². The first-order chi connectivity index (χ1) is 11.2. The third-order valence-corrected chi connectivity index (χ3v) is 7.05. The van der Waals surface area contributed by atoms with E-state index >= 15 is 0 Å². The number of hydrogen-bond acceptors (Lipinski definition) is 2. The van der Waals surface area contributed by atoms with Crippen LogP contribution in [-0.2, 0) is 9.53 Å². The fourth-order valence-corrected chi connectivity index (χ4v) is 6.07. The van der Waals surface area contributed by atoms with Crippen molar-refractivity contribution in [2.75, 3.05) is 0 Å². The zero-order valence-corrected chi connectivity index (χ0v) is 15.3. The highest BCUT2D eigenvalue weighted by Crippen LogP contribution is 2.53. The normalized spacial score (nSPS) is 40.1. The minimum atomic E-state index is 0.0321. The summed E-state index contributed by atoms with van der Waals surface area (Å²) in [7, 11) is 0. The maximum Gasteiger partial charge on any atom is 0.306 e. The standard InChI is InChI=1S/C21H36O2/c1-3-5-15-7-11-19-16(13-15)8-9-17-14-18(10-12-20(17)19)23-21(22)6-4-2/h15-20H,3-14H2,1-2H3. The molecule has 0 spiro atoms. The molecule has 6 unspecified atom stereocenters. The van der Waals surface area contributed by atoms with Gasteiger partial charge in [-0.3, -0.25) is 4.79 Å². The van der Waals surface area contributed by atoms with Crippen molar-refractivity contribution < 1.29 is 9.53 Å². The van der Waals surface area contributed by atoms with E-state index in [0.29, 0.717) is 6.42 Å². The van der Waals surface area contributed by atoms with Gasteiger partial charge in [-0.2, -0.15) is 0 Å². The smallest absolute Gasteiger partial charge is 0.306 e. The van der Waals surface area contributed by atoms with Gasteiger partial charge in [-0.25, -0.2) is 0 Å². The second-order valence-electron chi connectivity index (χ2n) is 8.57. The van der Waals surface area contributed by atoms with Gasteiger partial charge in [0.25, 0.3) is 0 Å². The van der Waals surface area contributed by atoms with Gasteiger partial charge in [0.2, 0.25) is 0 Å². The van der Waals surface area contributed by atoms with E-state index < -0.39 is 0 Å². The molecule has 0 saturated heterocycles. The quantitative estimate of drug-likeness (QED) is 0.604. The zero-order chi connectivity index (χ0) is 16.2. The molecule has 0 bridgehead atoms. The van der Waals surface area contributed by atoms with Crippen molar-refractivity contribution in [3.63, 3.8) is 0 Å². The average Bonchev–Trinajstić information content (AvgIpc) is 2.55. The lowest BCUT2D eigenvalue weighted by atomic mass is 9.56. The summed E-state index contributed by atoms with van der Waals surface area (Å²) in [5.41, 5.74) is 0. The van der Waals surface area contributed by atoms with Crippen LogP contribution in [0.2, 0.25) is 0 Å². The predicted molar refractivity (Wildman–Crippen MR) is 94.1 cm³/mol. The molecule has 3 saturated carbocycles. The molecule has 3 rings (SSSR count). The molecular weight excluding hydrogens is 284 g/mol. The van der Waals surface area contributed by atoms with E-state index in [1.165, 1.54) is 51.4 Å². The van der Waals surface area contributed by atoms with Crippen LogP contribution >= 0.6 is 0 Å². The maximum absolute atomic E-state index is 11.8. The summed E-state index contributed by atoms with van der Waals surface area (Å²) in [6.45, 7) is 4.39. The molecule has 2 nitrogen and oxygen atoms in total. The number of rotatable bonds is 5. The topological polar surface area (TPSA) is 26.3 Å². The first kappa shape index (κ1) is 17.3. The summed E-state index contributed by atoms with van der Waals surface area (Å²) >= 11 is 0. The second kappa shape index (κ2) is 8.03. The molecule has 0 radical (unpaired) electrons. The van der Waals surface area contributed by atoms with Gasteiger partial charge in [0.1, 0.15) is 6.10 Å².